The van der Waals surface area contributed by atoms with E-state index in [-0.39, 0.29) is 66.1 Å². The van der Waals surface area contributed by atoms with Crippen molar-refractivity contribution in [1.29, 1.82) is 5.26 Å². The lowest BCUT2D eigenvalue weighted by Gasteiger charge is -2.17. The lowest BCUT2D eigenvalue weighted by molar-refractivity contribution is -0.150. The first-order valence-electron chi connectivity index (χ1n) is 23.5. The number of benzene rings is 4. The molecule has 2 aliphatic rings. The van der Waals surface area contributed by atoms with Gasteiger partial charge in [-0.25, -0.2) is 28.8 Å². The number of fused-ring (bicyclic) bond motifs is 1. The molecule has 75 heavy (non-hydrogen) atoms. The van der Waals surface area contributed by atoms with E-state index in [1.165, 1.54) is 49.6 Å². The molecular weight excluding hydrogens is 973 g/mol. The average molecular weight is 1030 g/mol. The second kappa shape index (κ2) is 27.7. The van der Waals surface area contributed by atoms with Crippen LogP contribution in [-0.2, 0) is 47.6 Å². The molecule has 0 saturated carbocycles. The molecule has 6 rings (SSSR count). The maximum absolute atomic E-state index is 13.3. The van der Waals surface area contributed by atoms with E-state index in [1.54, 1.807) is 61.5 Å². The van der Waals surface area contributed by atoms with Gasteiger partial charge in [-0.3, -0.25) is 4.79 Å². The van der Waals surface area contributed by atoms with Gasteiger partial charge in [0.2, 0.25) is 0 Å². The Morgan fingerprint density at radius 1 is 0.653 bits per heavy atom. The zero-order chi connectivity index (χ0) is 53.7. The monoisotopic (exact) mass is 1020 g/mol. The van der Waals surface area contributed by atoms with Gasteiger partial charge in [0.25, 0.3) is 5.70 Å². The maximum Gasteiger partial charge on any atom is 0.349 e. The van der Waals surface area contributed by atoms with Crippen molar-refractivity contribution in [3.63, 3.8) is 0 Å². The molecule has 19 heteroatoms. The number of aryl methyl sites for hydroxylation is 1. The van der Waals surface area contributed by atoms with Gasteiger partial charge in [0.05, 0.1) is 64.5 Å². The maximum atomic E-state index is 13.3. The highest BCUT2D eigenvalue weighted by Crippen LogP contribution is 2.33. The number of hydrogen-bond acceptors (Lipinski definition) is 18. The highest BCUT2D eigenvalue weighted by Gasteiger charge is 2.51. The van der Waals surface area contributed by atoms with Gasteiger partial charge in [0.1, 0.15) is 41.1 Å². The Hall–Kier alpha value is -9.04. The van der Waals surface area contributed by atoms with Gasteiger partial charge in [0, 0.05) is 12.2 Å². The van der Waals surface area contributed by atoms with Crippen LogP contribution in [0.1, 0.15) is 63.1 Å². The van der Waals surface area contributed by atoms with Gasteiger partial charge in [0.15, 0.2) is 23.7 Å². The van der Waals surface area contributed by atoms with E-state index in [4.69, 9.17) is 58.7 Å². The first-order valence-corrected chi connectivity index (χ1v) is 23.5. The predicted molar refractivity (Wildman–Crippen MR) is 266 cm³/mol. The van der Waals surface area contributed by atoms with Crippen LogP contribution in [0.2, 0.25) is 0 Å². The highest BCUT2D eigenvalue weighted by atomic mass is 16.7. The normalized spacial score (nSPS) is 16.6. The molecule has 0 N–H and O–H groups in total. The molecule has 0 spiro atoms. The molecule has 388 valence electrons. The lowest BCUT2D eigenvalue weighted by Crippen LogP contribution is -2.36. The fourth-order valence-corrected chi connectivity index (χ4v) is 7.31. The van der Waals surface area contributed by atoms with Crippen molar-refractivity contribution in [3.05, 3.63) is 161 Å². The second-order valence-corrected chi connectivity index (χ2v) is 16.4. The minimum absolute atomic E-state index is 0.0769. The highest BCUT2D eigenvalue weighted by molar-refractivity contribution is 5.98. The number of methoxy groups -OCH3 is 1. The van der Waals surface area contributed by atoms with Crippen molar-refractivity contribution in [1.82, 2.24) is 0 Å². The van der Waals surface area contributed by atoms with Crippen molar-refractivity contribution >= 4 is 48.0 Å². The predicted octanol–water partition coefficient (Wildman–Crippen LogP) is 7.71. The number of rotatable bonds is 25. The standard InChI is InChI=1S/C56H52N2O17/c1-6-49(59)68-26-10-8-24-66-41-18-14-38(15-19-41)53(61)72-44-22-12-36(28-35(44)3)30-43(58-4)56(64)75-48-34-71-51-47(33-70-52(48)51)74-55(63)40(32-57)29-37-13-23-45(46(31-37)65-5)73-54(62)39-16-20-42(21-17-39)67-25-9-11-27-69-50(60)7-2/h6-7,12-23,28-31,47-48,51-52H,1-2,8-11,24-27,33-34H2,3,5H3/b40-29+,43-30-/t47-,48+,51-,52-/m1/s1. The van der Waals surface area contributed by atoms with Crippen molar-refractivity contribution in [2.75, 3.05) is 46.8 Å². The lowest BCUT2D eigenvalue weighted by atomic mass is 10.1. The summed E-state index contributed by atoms with van der Waals surface area (Å²) in [6.07, 6.45) is 3.71. The summed E-state index contributed by atoms with van der Waals surface area (Å²) in [6, 6.07) is 23.7. The topological polar surface area (TPSA) is 232 Å². The van der Waals surface area contributed by atoms with Gasteiger partial charge in [-0.05, 0) is 134 Å². The van der Waals surface area contributed by atoms with Gasteiger partial charge >= 0.3 is 35.8 Å². The Balaban J connectivity index is 0.961. The quantitative estimate of drug-likeness (QED) is 0.0118. The van der Waals surface area contributed by atoms with Gasteiger partial charge in [-0.1, -0.05) is 25.3 Å². The number of carbonyl (C=O) groups is 6. The summed E-state index contributed by atoms with van der Waals surface area (Å²) in [7, 11) is 1.36. The molecule has 0 amide bonds. The van der Waals surface area contributed by atoms with Gasteiger partial charge < -0.3 is 52.1 Å². The minimum Gasteiger partial charge on any atom is -0.494 e. The molecule has 0 aliphatic carbocycles. The molecule has 0 aromatic heterocycles. The number of nitrogens with zero attached hydrogens (tertiary/aromatic N) is 2. The number of carbonyl (C=O) groups excluding carboxylic acids is 6. The average Bonchev–Trinajstić information content (AvgIpc) is 4.02. The van der Waals surface area contributed by atoms with Crippen LogP contribution in [0, 0.1) is 24.8 Å². The molecular formula is C56H52N2O17. The Kier molecular flexibility index (Phi) is 20.4. The van der Waals surface area contributed by atoms with Crippen LogP contribution in [-0.4, -0.2) is 107 Å². The van der Waals surface area contributed by atoms with Crippen LogP contribution < -0.4 is 23.7 Å². The van der Waals surface area contributed by atoms with Crippen LogP contribution in [0.5, 0.6) is 28.7 Å². The third-order valence-electron chi connectivity index (χ3n) is 11.2. The van der Waals surface area contributed by atoms with Crippen molar-refractivity contribution in [2.45, 2.75) is 57.0 Å². The molecule has 0 bridgehead atoms. The SMILES string of the molecule is [C-]#[N+]/C(=C\c1ccc(OC(=O)c2ccc(OCCCCOC(=O)C=C)cc2)c(C)c1)C(=O)O[C@H]1CO[C@H]2[C@@H]1OC[C@H]2OC(=O)/C(C#N)=C/c1ccc(OC(=O)c2ccc(OCCCCOC(=O)C=C)cc2)c(OC)c1. The number of hydrogen-bond donors (Lipinski definition) is 0. The molecule has 2 fully saturated rings. The fourth-order valence-electron chi connectivity index (χ4n) is 7.31. The molecule has 19 nitrogen and oxygen atoms in total. The Bertz CT molecular complexity index is 2890. The molecule has 4 aromatic carbocycles. The molecule has 2 heterocycles. The summed E-state index contributed by atoms with van der Waals surface area (Å²) in [5, 5.41) is 9.93. The van der Waals surface area contributed by atoms with Crippen molar-refractivity contribution in [2.24, 2.45) is 0 Å². The van der Waals surface area contributed by atoms with Crippen LogP contribution in [0.3, 0.4) is 0 Å². The number of ether oxygens (including phenoxy) is 11. The summed E-state index contributed by atoms with van der Waals surface area (Å²) < 4.78 is 60.8. The summed E-state index contributed by atoms with van der Waals surface area (Å²) in [6.45, 7) is 17.1. The van der Waals surface area contributed by atoms with E-state index >= 15 is 0 Å². The van der Waals surface area contributed by atoms with E-state index < -0.39 is 60.2 Å². The Labute approximate surface area is 432 Å². The van der Waals surface area contributed by atoms with E-state index in [0.29, 0.717) is 67.1 Å². The number of esters is 6. The van der Waals surface area contributed by atoms with E-state index in [2.05, 4.69) is 18.0 Å². The zero-order valence-corrected chi connectivity index (χ0v) is 41.0. The third-order valence-corrected chi connectivity index (χ3v) is 11.2. The first-order chi connectivity index (χ1) is 36.3. The molecule has 4 atom stereocenters. The summed E-state index contributed by atoms with van der Waals surface area (Å²) >= 11 is 0. The number of unbranched alkanes of at least 4 members (excludes halogenated alkanes) is 2. The first kappa shape index (κ1) is 55.3. The van der Waals surface area contributed by atoms with Crippen LogP contribution >= 0.6 is 0 Å². The Morgan fingerprint density at radius 3 is 1.61 bits per heavy atom. The smallest absolute Gasteiger partial charge is 0.349 e. The molecule has 4 aromatic rings. The van der Waals surface area contributed by atoms with E-state index in [9.17, 15) is 34.0 Å². The molecule has 2 saturated heterocycles. The summed E-state index contributed by atoms with van der Waals surface area (Å²) in [5.74, 6) is -2.61. The summed E-state index contributed by atoms with van der Waals surface area (Å²) in [5.41, 5.74) is 1.16. The summed E-state index contributed by atoms with van der Waals surface area (Å²) in [4.78, 5) is 78.1. The third kappa shape index (κ3) is 16.0. The Morgan fingerprint density at radius 2 is 1.13 bits per heavy atom. The van der Waals surface area contributed by atoms with Crippen LogP contribution in [0.25, 0.3) is 17.0 Å². The van der Waals surface area contributed by atoms with Crippen molar-refractivity contribution < 1.29 is 80.9 Å². The largest absolute Gasteiger partial charge is 0.494 e. The van der Waals surface area contributed by atoms with Crippen molar-refractivity contribution in [3.8, 4) is 34.8 Å². The van der Waals surface area contributed by atoms with E-state index in [0.717, 1.165) is 12.2 Å². The van der Waals surface area contributed by atoms with Crippen LogP contribution in [0.4, 0.5) is 0 Å². The molecule has 2 aliphatic heterocycles. The van der Waals surface area contributed by atoms with E-state index in [1.807, 2.05) is 6.07 Å². The second-order valence-electron chi connectivity index (χ2n) is 16.4. The van der Waals surface area contributed by atoms with Gasteiger partial charge in [-0.15, -0.1) is 0 Å². The fraction of sp³-hybridized carbons (Fsp3) is 0.286. The molecule has 0 unspecified atom stereocenters. The van der Waals surface area contributed by atoms with Gasteiger partial charge in [-0.2, -0.15) is 5.26 Å². The zero-order valence-electron chi connectivity index (χ0n) is 41.0. The molecule has 0 radical (unpaired) electrons. The number of nitriles is 1. The minimum atomic E-state index is -0.976. The van der Waals surface area contributed by atoms with Crippen LogP contribution in [0.15, 0.2) is 122 Å².